The zero-order valence-corrected chi connectivity index (χ0v) is 21.4. The third kappa shape index (κ3) is 4.78. The van der Waals surface area contributed by atoms with Gasteiger partial charge in [-0.25, -0.2) is 4.79 Å². The molecule has 36 heavy (non-hydrogen) atoms. The minimum Gasteiger partial charge on any atom is -0.481 e. The van der Waals surface area contributed by atoms with Crippen LogP contribution in [0.4, 0.5) is 0 Å². The zero-order valence-electron chi connectivity index (χ0n) is 19.8. The van der Waals surface area contributed by atoms with Crippen molar-refractivity contribution in [1.29, 1.82) is 0 Å². The lowest BCUT2D eigenvalue weighted by atomic mass is 9.85. The van der Waals surface area contributed by atoms with Crippen molar-refractivity contribution in [3.05, 3.63) is 58.1 Å². The molecule has 0 atom stereocenters. The zero-order chi connectivity index (χ0) is 25.4. The van der Waals surface area contributed by atoms with Crippen LogP contribution in [0.15, 0.2) is 51.4 Å². The Balaban J connectivity index is 1.47. The number of fused-ring (bicyclic) bond motifs is 1. The maximum atomic E-state index is 13.2. The molecule has 0 unspecified atom stereocenters. The summed E-state index contributed by atoms with van der Waals surface area (Å²) >= 11 is 3.60. The van der Waals surface area contributed by atoms with Crippen molar-refractivity contribution in [2.24, 2.45) is 11.3 Å². The first kappa shape index (κ1) is 24.6. The minimum atomic E-state index is -1.04. The van der Waals surface area contributed by atoms with Gasteiger partial charge >= 0.3 is 11.9 Å². The summed E-state index contributed by atoms with van der Waals surface area (Å²) in [6.07, 6.45) is 5.49. The molecule has 0 bridgehead atoms. The van der Waals surface area contributed by atoms with Gasteiger partial charge in [-0.1, -0.05) is 37.1 Å². The van der Waals surface area contributed by atoms with E-state index >= 15 is 0 Å². The Morgan fingerprint density at radius 3 is 2.44 bits per heavy atom. The third-order valence-corrected chi connectivity index (χ3v) is 8.28. The van der Waals surface area contributed by atoms with Gasteiger partial charge in [-0.3, -0.25) is 9.59 Å². The molecule has 0 saturated heterocycles. The van der Waals surface area contributed by atoms with Crippen LogP contribution < -0.4 is 0 Å². The van der Waals surface area contributed by atoms with E-state index in [9.17, 15) is 24.6 Å². The molecule has 1 heterocycles. The highest BCUT2D eigenvalue weighted by Gasteiger charge is 2.44. The number of amides is 1. The van der Waals surface area contributed by atoms with Gasteiger partial charge in [-0.2, -0.15) is 0 Å². The number of benzene rings is 2. The number of carbonyl (C=O) groups excluding carboxylic acids is 1. The van der Waals surface area contributed by atoms with E-state index in [-0.39, 0.29) is 18.0 Å². The summed E-state index contributed by atoms with van der Waals surface area (Å²) in [6, 6.07) is 12.3. The number of furan rings is 1. The van der Waals surface area contributed by atoms with Crippen LogP contribution in [0.1, 0.15) is 60.9 Å². The van der Waals surface area contributed by atoms with Crippen LogP contribution >= 0.6 is 15.9 Å². The Morgan fingerprint density at radius 1 is 1.06 bits per heavy atom. The lowest BCUT2D eigenvalue weighted by Gasteiger charge is -2.32. The number of rotatable bonds is 9. The fourth-order valence-electron chi connectivity index (χ4n) is 5.26. The van der Waals surface area contributed by atoms with Gasteiger partial charge in [0.25, 0.3) is 0 Å². The number of halogens is 1. The highest BCUT2D eigenvalue weighted by molar-refractivity contribution is 9.10. The molecule has 2 N–H and O–H groups in total. The molecule has 3 aromatic rings. The first-order valence-corrected chi connectivity index (χ1v) is 13.1. The fraction of sp³-hybridized carbons (Fsp3) is 0.393. The monoisotopic (exact) mass is 553 g/mol. The highest BCUT2D eigenvalue weighted by Crippen LogP contribution is 2.42. The molecular formula is C28H28BrNO6. The molecule has 5 rings (SSSR count). The normalized spacial score (nSPS) is 16.8. The molecule has 0 aliphatic heterocycles. The van der Waals surface area contributed by atoms with Gasteiger partial charge in [-0.15, -0.1) is 0 Å². The Bertz CT molecular complexity index is 1340. The smallest absolute Gasteiger partial charge is 0.336 e. The molecule has 7 nitrogen and oxygen atoms in total. The molecule has 2 aliphatic rings. The van der Waals surface area contributed by atoms with Crippen LogP contribution in [0.25, 0.3) is 22.3 Å². The maximum Gasteiger partial charge on any atom is 0.336 e. The average molecular weight is 554 g/mol. The molecule has 2 aliphatic carbocycles. The van der Waals surface area contributed by atoms with Gasteiger partial charge in [0.1, 0.15) is 11.3 Å². The second kappa shape index (κ2) is 9.73. The molecule has 0 spiro atoms. The number of carbonyl (C=O) groups is 3. The van der Waals surface area contributed by atoms with Crippen LogP contribution in [-0.2, 0) is 16.1 Å². The average Bonchev–Trinajstić information content (AvgIpc) is 3.43. The summed E-state index contributed by atoms with van der Waals surface area (Å²) in [5, 5.41) is 20.4. The van der Waals surface area contributed by atoms with Crippen molar-refractivity contribution < 1.29 is 29.0 Å². The van der Waals surface area contributed by atoms with E-state index in [0.29, 0.717) is 53.1 Å². The second-order valence-electron chi connectivity index (χ2n) is 10.1. The van der Waals surface area contributed by atoms with Crippen LogP contribution in [0.5, 0.6) is 0 Å². The van der Waals surface area contributed by atoms with E-state index in [1.807, 2.05) is 18.2 Å². The van der Waals surface area contributed by atoms with E-state index in [1.54, 1.807) is 23.1 Å². The van der Waals surface area contributed by atoms with Gasteiger partial charge < -0.3 is 19.5 Å². The van der Waals surface area contributed by atoms with Gasteiger partial charge in [0.15, 0.2) is 0 Å². The number of hydrogen-bond donors (Lipinski definition) is 2. The SMILES string of the molecule is O=C(O)c1ccccc1-c1oc2ccc(CN(CC3(C(=O)O)CCCC3)C(=O)CC3CC3)cc2c1Br. The number of aromatic carboxylic acids is 1. The Hall–Kier alpha value is -3.13. The predicted octanol–water partition coefficient (Wildman–Crippen LogP) is 6.33. The van der Waals surface area contributed by atoms with Crippen LogP contribution in [0.3, 0.4) is 0 Å². The molecule has 2 saturated carbocycles. The standard InChI is InChI=1S/C28H28BrNO6/c29-24-21-13-18(9-10-22(21)36-25(24)19-5-1-2-6-20(19)26(32)33)15-30(23(31)14-17-7-8-17)16-28(27(34)35)11-3-4-12-28/h1-2,5-6,9-10,13,17H,3-4,7-8,11-12,14-16H2,(H,32,33)(H,34,35). The van der Waals surface area contributed by atoms with E-state index in [1.165, 1.54) is 6.07 Å². The first-order valence-electron chi connectivity index (χ1n) is 12.3. The first-order chi connectivity index (χ1) is 17.3. The molecule has 2 aromatic carbocycles. The molecule has 2 fully saturated rings. The van der Waals surface area contributed by atoms with Gasteiger partial charge in [-0.05, 0) is 71.3 Å². The second-order valence-corrected chi connectivity index (χ2v) is 10.9. The molecule has 0 radical (unpaired) electrons. The highest BCUT2D eigenvalue weighted by atomic mass is 79.9. The van der Waals surface area contributed by atoms with Crippen molar-refractivity contribution in [2.45, 2.75) is 51.5 Å². The van der Waals surface area contributed by atoms with Crippen molar-refractivity contribution >= 4 is 44.7 Å². The van der Waals surface area contributed by atoms with E-state index < -0.39 is 17.4 Å². The molecule has 1 aromatic heterocycles. The Labute approximate surface area is 217 Å². The quantitative estimate of drug-likeness (QED) is 0.320. The van der Waals surface area contributed by atoms with Crippen molar-refractivity contribution in [2.75, 3.05) is 6.54 Å². The lowest BCUT2D eigenvalue weighted by Crippen LogP contribution is -2.44. The summed E-state index contributed by atoms with van der Waals surface area (Å²) in [5.74, 6) is -1.02. The van der Waals surface area contributed by atoms with Crippen molar-refractivity contribution in [3.63, 3.8) is 0 Å². The van der Waals surface area contributed by atoms with Crippen molar-refractivity contribution in [1.82, 2.24) is 4.90 Å². The number of aliphatic carboxylic acids is 1. The van der Waals surface area contributed by atoms with E-state index in [4.69, 9.17) is 4.42 Å². The Morgan fingerprint density at radius 2 is 1.78 bits per heavy atom. The van der Waals surface area contributed by atoms with Gasteiger partial charge in [0, 0.05) is 30.5 Å². The predicted molar refractivity (Wildman–Crippen MR) is 138 cm³/mol. The van der Waals surface area contributed by atoms with E-state index in [0.717, 1.165) is 36.6 Å². The molecule has 8 heteroatoms. The van der Waals surface area contributed by atoms with Crippen LogP contribution in [0.2, 0.25) is 0 Å². The molecule has 1 amide bonds. The molecular weight excluding hydrogens is 526 g/mol. The lowest BCUT2D eigenvalue weighted by molar-refractivity contribution is -0.151. The molecule has 188 valence electrons. The largest absolute Gasteiger partial charge is 0.481 e. The summed E-state index contributed by atoms with van der Waals surface area (Å²) in [4.78, 5) is 38.9. The van der Waals surface area contributed by atoms with Gasteiger partial charge in [0.2, 0.25) is 5.91 Å². The third-order valence-electron chi connectivity index (χ3n) is 7.49. The Kier molecular flexibility index (Phi) is 6.64. The number of carboxylic acid groups (broad SMARTS) is 2. The summed E-state index contributed by atoms with van der Waals surface area (Å²) in [5.41, 5.74) is 1.19. The summed E-state index contributed by atoms with van der Waals surface area (Å²) < 4.78 is 6.67. The fourth-order valence-corrected chi connectivity index (χ4v) is 5.87. The topological polar surface area (TPSA) is 108 Å². The van der Waals surface area contributed by atoms with Gasteiger partial charge in [0.05, 0.1) is 15.5 Å². The number of carboxylic acids is 2. The summed E-state index contributed by atoms with van der Waals surface area (Å²) in [7, 11) is 0. The summed E-state index contributed by atoms with van der Waals surface area (Å²) in [6.45, 7) is 0.533. The maximum absolute atomic E-state index is 13.2. The van der Waals surface area contributed by atoms with Crippen LogP contribution in [-0.4, -0.2) is 39.5 Å². The van der Waals surface area contributed by atoms with E-state index in [2.05, 4.69) is 15.9 Å². The van der Waals surface area contributed by atoms with Crippen LogP contribution in [0, 0.1) is 11.3 Å². The number of nitrogens with zero attached hydrogens (tertiary/aromatic N) is 1. The number of hydrogen-bond acceptors (Lipinski definition) is 4. The minimum absolute atomic E-state index is 0.00690. The van der Waals surface area contributed by atoms with Crippen molar-refractivity contribution in [3.8, 4) is 11.3 Å².